The molecule has 1 atom stereocenters. The number of rotatable bonds is 7. The topological polar surface area (TPSA) is 67.4 Å². The molecular formula is C21H23ClN2O3. The van der Waals surface area contributed by atoms with Crippen LogP contribution in [0.25, 0.3) is 6.08 Å². The van der Waals surface area contributed by atoms with E-state index in [1.165, 1.54) is 6.08 Å². The summed E-state index contributed by atoms with van der Waals surface area (Å²) in [6, 6.07) is 13.8. The monoisotopic (exact) mass is 386 g/mol. The molecular weight excluding hydrogens is 364 g/mol. The highest BCUT2D eigenvalue weighted by Gasteiger charge is 2.18. The second-order valence-electron chi connectivity index (χ2n) is 6.25. The molecule has 2 N–H and O–H groups in total. The Morgan fingerprint density at radius 2 is 1.74 bits per heavy atom. The molecule has 2 amide bonds. The van der Waals surface area contributed by atoms with E-state index in [2.05, 4.69) is 10.6 Å². The van der Waals surface area contributed by atoms with Gasteiger partial charge in [0.15, 0.2) is 5.75 Å². The lowest BCUT2D eigenvalue weighted by Gasteiger charge is -2.18. The highest BCUT2D eigenvalue weighted by atomic mass is 35.5. The summed E-state index contributed by atoms with van der Waals surface area (Å²) in [7, 11) is 0. The van der Waals surface area contributed by atoms with Crippen LogP contribution in [0.15, 0.2) is 54.6 Å². The number of halogens is 1. The average molecular weight is 387 g/mol. The fourth-order valence-electron chi connectivity index (χ4n) is 2.27. The van der Waals surface area contributed by atoms with E-state index in [4.69, 9.17) is 16.3 Å². The van der Waals surface area contributed by atoms with Gasteiger partial charge in [0.05, 0.1) is 16.8 Å². The summed E-state index contributed by atoms with van der Waals surface area (Å²) in [5, 5.41) is 5.79. The standard InChI is InChI=1S/C21H23ClN2O3/c1-14(2)27-20-17(22)10-7-11-18(20)24-21(26)15(3)23-19(25)13-12-16-8-5-4-6-9-16/h4-15H,1-3H3,(H,23,25)(H,24,26)/b13-12+. The second-order valence-corrected chi connectivity index (χ2v) is 6.65. The lowest BCUT2D eigenvalue weighted by atomic mass is 10.2. The number of ether oxygens (including phenoxy) is 1. The van der Waals surface area contributed by atoms with Gasteiger partial charge in [0.2, 0.25) is 11.8 Å². The van der Waals surface area contributed by atoms with Crippen LogP contribution < -0.4 is 15.4 Å². The van der Waals surface area contributed by atoms with E-state index in [0.29, 0.717) is 16.5 Å². The Morgan fingerprint density at radius 1 is 1.04 bits per heavy atom. The van der Waals surface area contributed by atoms with Crippen LogP contribution in [-0.4, -0.2) is 24.0 Å². The van der Waals surface area contributed by atoms with E-state index in [1.807, 2.05) is 44.2 Å². The summed E-state index contributed by atoms with van der Waals surface area (Å²) in [6.45, 7) is 5.35. The summed E-state index contributed by atoms with van der Waals surface area (Å²) in [5.41, 5.74) is 1.36. The first-order valence-corrected chi connectivity index (χ1v) is 9.04. The van der Waals surface area contributed by atoms with Crippen molar-refractivity contribution < 1.29 is 14.3 Å². The minimum atomic E-state index is -0.733. The third kappa shape index (κ3) is 6.46. The molecule has 6 heteroatoms. The number of hydrogen-bond acceptors (Lipinski definition) is 3. The van der Waals surface area contributed by atoms with Gasteiger partial charge in [-0.05, 0) is 44.5 Å². The van der Waals surface area contributed by atoms with Gasteiger partial charge in [-0.15, -0.1) is 0 Å². The quantitative estimate of drug-likeness (QED) is 0.698. The van der Waals surface area contributed by atoms with Crippen molar-refractivity contribution in [1.29, 1.82) is 0 Å². The molecule has 0 aromatic heterocycles. The first-order chi connectivity index (χ1) is 12.9. The smallest absolute Gasteiger partial charge is 0.246 e. The first kappa shape index (κ1) is 20.5. The Balaban J connectivity index is 1.99. The lowest BCUT2D eigenvalue weighted by Crippen LogP contribution is -2.40. The summed E-state index contributed by atoms with van der Waals surface area (Å²) in [6.07, 6.45) is 2.98. The molecule has 0 aliphatic heterocycles. The molecule has 0 radical (unpaired) electrons. The van der Waals surface area contributed by atoms with Gasteiger partial charge < -0.3 is 15.4 Å². The highest BCUT2D eigenvalue weighted by Crippen LogP contribution is 2.33. The molecule has 27 heavy (non-hydrogen) atoms. The van der Waals surface area contributed by atoms with E-state index >= 15 is 0 Å². The van der Waals surface area contributed by atoms with Gasteiger partial charge in [-0.1, -0.05) is 48.0 Å². The summed E-state index contributed by atoms with van der Waals surface area (Å²) >= 11 is 6.17. The normalized spacial score (nSPS) is 12.0. The van der Waals surface area contributed by atoms with Gasteiger partial charge >= 0.3 is 0 Å². The van der Waals surface area contributed by atoms with Gasteiger partial charge in [0.25, 0.3) is 0 Å². The first-order valence-electron chi connectivity index (χ1n) is 8.66. The van der Waals surface area contributed by atoms with Crippen molar-refractivity contribution in [2.45, 2.75) is 32.9 Å². The Kier molecular flexibility index (Phi) is 7.44. The lowest BCUT2D eigenvalue weighted by molar-refractivity contribution is -0.123. The predicted octanol–water partition coefficient (Wildman–Crippen LogP) is 4.28. The number of para-hydroxylation sites is 1. The van der Waals surface area contributed by atoms with Crippen LogP contribution >= 0.6 is 11.6 Å². The molecule has 2 aromatic carbocycles. The van der Waals surface area contributed by atoms with Crippen molar-refractivity contribution >= 4 is 35.2 Å². The van der Waals surface area contributed by atoms with Crippen molar-refractivity contribution in [1.82, 2.24) is 5.32 Å². The summed E-state index contributed by atoms with van der Waals surface area (Å²) in [5.74, 6) is -0.316. The van der Waals surface area contributed by atoms with Crippen LogP contribution in [0.5, 0.6) is 5.75 Å². The number of hydrogen-bond donors (Lipinski definition) is 2. The molecule has 1 unspecified atom stereocenters. The van der Waals surface area contributed by atoms with Crippen LogP contribution in [0.3, 0.4) is 0 Å². The van der Waals surface area contributed by atoms with Crippen molar-refractivity contribution in [3.05, 3.63) is 65.2 Å². The molecule has 0 heterocycles. The maximum absolute atomic E-state index is 12.4. The molecule has 2 rings (SSSR count). The van der Waals surface area contributed by atoms with E-state index in [1.54, 1.807) is 31.2 Å². The van der Waals surface area contributed by atoms with Gasteiger partial charge in [0, 0.05) is 6.08 Å². The zero-order valence-electron chi connectivity index (χ0n) is 15.5. The van der Waals surface area contributed by atoms with Gasteiger partial charge in [-0.2, -0.15) is 0 Å². The maximum Gasteiger partial charge on any atom is 0.246 e. The van der Waals surface area contributed by atoms with Crippen LogP contribution in [0.2, 0.25) is 5.02 Å². The molecule has 0 bridgehead atoms. The van der Waals surface area contributed by atoms with Crippen LogP contribution in [0, 0.1) is 0 Å². The highest BCUT2D eigenvalue weighted by molar-refractivity contribution is 6.32. The van der Waals surface area contributed by atoms with Crippen LogP contribution in [0.1, 0.15) is 26.3 Å². The number of benzene rings is 2. The molecule has 0 fully saturated rings. The molecule has 0 aliphatic carbocycles. The minimum absolute atomic E-state index is 0.0965. The van der Waals surface area contributed by atoms with Crippen molar-refractivity contribution in [2.75, 3.05) is 5.32 Å². The fourth-order valence-corrected chi connectivity index (χ4v) is 2.49. The van der Waals surface area contributed by atoms with Crippen molar-refractivity contribution in [3.63, 3.8) is 0 Å². The minimum Gasteiger partial charge on any atom is -0.487 e. The zero-order chi connectivity index (χ0) is 19.8. The number of amides is 2. The maximum atomic E-state index is 12.4. The van der Waals surface area contributed by atoms with Gasteiger partial charge in [-0.3, -0.25) is 9.59 Å². The molecule has 2 aromatic rings. The van der Waals surface area contributed by atoms with E-state index in [0.717, 1.165) is 5.56 Å². The Labute approximate surface area is 164 Å². The van der Waals surface area contributed by atoms with Crippen molar-refractivity contribution in [2.24, 2.45) is 0 Å². The predicted molar refractivity (Wildman–Crippen MR) is 109 cm³/mol. The molecule has 0 saturated carbocycles. The van der Waals surface area contributed by atoms with E-state index in [-0.39, 0.29) is 17.9 Å². The molecule has 5 nitrogen and oxygen atoms in total. The number of carbonyl (C=O) groups is 2. The molecule has 0 aliphatic rings. The molecule has 142 valence electrons. The zero-order valence-corrected chi connectivity index (χ0v) is 16.3. The average Bonchev–Trinajstić information content (AvgIpc) is 2.63. The Morgan fingerprint density at radius 3 is 2.41 bits per heavy atom. The molecule has 0 spiro atoms. The Hall–Kier alpha value is -2.79. The largest absolute Gasteiger partial charge is 0.487 e. The fraction of sp³-hybridized carbons (Fsp3) is 0.238. The summed E-state index contributed by atoms with van der Waals surface area (Å²) < 4.78 is 5.68. The van der Waals surface area contributed by atoms with Crippen LogP contribution in [-0.2, 0) is 9.59 Å². The van der Waals surface area contributed by atoms with E-state index < -0.39 is 6.04 Å². The number of anilines is 1. The Bertz CT molecular complexity index is 819. The van der Waals surface area contributed by atoms with Gasteiger partial charge in [-0.25, -0.2) is 0 Å². The third-order valence-corrected chi connectivity index (χ3v) is 3.85. The summed E-state index contributed by atoms with van der Waals surface area (Å²) in [4.78, 5) is 24.4. The van der Waals surface area contributed by atoms with Gasteiger partial charge in [0.1, 0.15) is 6.04 Å². The SMILES string of the molecule is CC(C)Oc1c(Cl)cccc1NC(=O)C(C)NC(=O)/C=C/c1ccccc1. The molecule has 0 saturated heterocycles. The number of carbonyl (C=O) groups excluding carboxylic acids is 2. The van der Waals surface area contributed by atoms with E-state index in [9.17, 15) is 9.59 Å². The number of nitrogens with one attached hydrogen (secondary N) is 2. The van der Waals surface area contributed by atoms with Crippen LogP contribution in [0.4, 0.5) is 5.69 Å². The second kappa shape index (κ2) is 9.78. The third-order valence-electron chi connectivity index (χ3n) is 3.56. The van der Waals surface area contributed by atoms with Crippen molar-refractivity contribution in [3.8, 4) is 5.75 Å².